The number of nitrogen functional groups attached to an aromatic ring is 4. The summed E-state index contributed by atoms with van der Waals surface area (Å²) in [4.78, 5) is 46.2. The average Bonchev–Trinajstić information content (AvgIpc) is 1.51. The highest BCUT2D eigenvalue weighted by Crippen LogP contribution is 2.48. The molecule has 19 atom stereocenters. The van der Waals surface area contributed by atoms with Crippen LogP contribution in [0.25, 0.3) is 22.1 Å². The lowest BCUT2D eigenvalue weighted by atomic mass is 9.87. The Hall–Kier alpha value is -11.2. The zero-order chi connectivity index (χ0) is 101. The van der Waals surface area contributed by atoms with Crippen molar-refractivity contribution in [3.05, 3.63) is 239 Å². The molecule has 0 radical (unpaired) electrons. The standard InChI is InChI=1S/C21H23N5O2.C20H24N4O3.C14H20O3.C14H18O3.C12H13N5O4.C6H5BrN4.C4H9NSi.C4H6O3.BCl3/c1-3-17-14(2)19(27-11-15-7-5-4-6-8-15)21(12-22,28-17)18-10-9-16-20(23)24-13-25-26(16)18;1-3-16-13(2)18(26-11-14-7-5-4-6-8-14)20(25,27-16)17-10-9-15-19(21)22-12-23-24(15)17;2*1-3-12-10(2)13(14(15)17-12)16-9-11-7-5-4-6-8-11;13-4-12(10(20)9(19)7(3-18)21-12)8-2-1-6-11(14)15-5-16-17(6)8;7-5-2-1-4-6(8)9-3-10-11(4)5;1-6(2,3)4-5;1-3(5)7-4(2)6;2-1(3)4/h4-10,13-14,17,19H,3,11H2,1-2H3,(H2,23,24,25);4-10,12-13,16,18,25H,3,11H2,1-2H3,(H2,21,22,23);4-8,10,12-15H,3,9H2,1-2H3;4-8,10,12-13H,3,9H2,1-2H3;1-2,5,7,9-10,18-20H,3H2,(H2,14,15,16);1-3H,(H2,8,9,10);1-3H3;1-2H3;/t14-,17-,19-,21?;13-,16-,18-,20?;10-,12-,13-,14?;10-,12-,13-;7-,9-,10-,12?;;;;/m11111..../s1. The van der Waals surface area contributed by atoms with E-state index in [0.29, 0.717) is 71.8 Å². The molecule has 4 unspecified atom stereocenters. The monoisotopic (exact) mass is 2040 g/mol. The zero-order valence-corrected chi connectivity index (χ0v) is 83.6. The molecule has 0 saturated carbocycles. The maximum Gasteiger partial charge on any atom is 0.450 e. The third-order valence-corrected chi connectivity index (χ3v) is 24.4. The number of aliphatic hydroxyl groups excluding tert-OH is 4. The van der Waals surface area contributed by atoms with Crippen LogP contribution < -0.4 is 22.9 Å². The normalized spacial score (nSPS) is 25.3. The molecule has 17 rings (SSSR count). The summed E-state index contributed by atoms with van der Waals surface area (Å²) >= 11 is 17.7. The van der Waals surface area contributed by atoms with Crippen LogP contribution in [0.15, 0.2) is 200 Å². The number of aliphatic hydroxyl groups is 5. The van der Waals surface area contributed by atoms with E-state index in [1.54, 1.807) is 31.7 Å². The predicted molar refractivity (Wildman–Crippen MR) is 523 cm³/mol. The van der Waals surface area contributed by atoms with E-state index in [0.717, 1.165) is 58.1 Å². The molecule has 8 aromatic heterocycles. The first-order valence-electron chi connectivity index (χ1n) is 44.6. The average molecular weight is 2040 g/mol. The van der Waals surface area contributed by atoms with Crippen LogP contribution in [-0.4, -0.2) is 195 Å². The number of hydrogen-bond acceptors (Lipinski definition) is 33. The summed E-state index contributed by atoms with van der Waals surface area (Å²) in [6, 6.07) is 58.0. The van der Waals surface area contributed by atoms with Crippen LogP contribution >= 0.6 is 50.3 Å². The number of esters is 3. The molecule has 0 bridgehead atoms. The van der Waals surface area contributed by atoms with Crippen molar-refractivity contribution in [1.82, 2.24) is 58.4 Å². The molecule has 4 aromatic carbocycles. The summed E-state index contributed by atoms with van der Waals surface area (Å²) < 4.78 is 63.6. The van der Waals surface area contributed by atoms with Gasteiger partial charge in [-0.3, -0.25) is 9.59 Å². The molecule has 43 heteroatoms. The number of carbonyl (C=O) groups excluding carboxylic acids is 3. The molecule has 0 spiro atoms. The summed E-state index contributed by atoms with van der Waals surface area (Å²) in [5.74, 6) is -1.15. The number of nitriles is 3. The summed E-state index contributed by atoms with van der Waals surface area (Å²) in [6.45, 7) is 26.0. The van der Waals surface area contributed by atoms with E-state index in [1.807, 2.05) is 199 Å². The summed E-state index contributed by atoms with van der Waals surface area (Å²) in [6.07, 6.45) is 2.17. The molecule has 0 aliphatic carbocycles. The van der Waals surface area contributed by atoms with Crippen LogP contribution in [0.4, 0.5) is 23.3 Å². The molecule has 5 fully saturated rings. The lowest BCUT2D eigenvalue weighted by Crippen LogP contribution is -2.41. The van der Waals surface area contributed by atoms with Gasteiger partial charge < -0.3 is 95.8 Å². The van der Waals surface area contributed by atoms with Crippen molar-refractivity contribution >= 4 is 127 Å². The van der Waals surface area contributed by atoms with Crippen molar-refractivity contribution in [3.63, 3.8) is 0 Å². The minimum Gasteiger partial charge on any atom is -0.460 e. The summed E-state index contributed by atoms with van der Waals surface area (Å²) in [5.41, 5.74) is 30.5. The van der Waals surface area contributed by atoms with Crippen LogP contribution in [0.5, 0.6) is 0 Å². The predicted octanol–water partition coefficient (Wildman–Crippen LogP) is 12.8. The molecule has 12 aromatic rings. The van der Waals surface area contributed by atoms with E-state index in [1.165, 1.54) is 49.7 Å². The van der Waals surface area contributed by atoms with Crippen LogP contribution in [0, 0.1) is 57.3 Å². The van der Waals surface area contributed by atoms with Crippen molar-refractivity contribution in [2.75, 3.05) is 29.5 Å². The number of carbonyl (C=O) groups is 3. The lowest BCUT2D eigenvalue weighted by Gasteiger charge is -2.29. The van der Waals surface area contributed by atoms with Crippen molar-refractivity contribution in [2.24, 2.45) is 23.7 Å². The number of fused-ring (bicyclic) bond motifs is 4. The van der Waals surface area contributed by atoms with Gasteiger partial charge in [0.05, 0.1) is 62.7 Å². The third-order valence-electron chi connectivity index (χ3n) is 23.2. The van der Waals surface area contributed by atoms with Crippen LogP contribution in [0.3, 0.4) is 0 Å². The number of ether oxygens (including phenoxy) is 10. The lowest BCUT2D eigenvalue weighted by molar-refractivity contribution is -0.251. The second-order valence-electron chi connectivity index (χ2n) is 33.8. The van der Waals surface area contributed by atoms with Gasteiger partial charge >= 0.3 is 22.9 Å². The zero-order valence-electron chi connectivity index (χ0n) is 78.7. The fraction of sp³-hybridized carbons (Fsp3) is 0.432. The Morgan fingerprint density at radius 2 is 0.848 bits per heavy atom. The molecule has 736 valence electrons. The quantitative estimate of drug-likeness (QED) is 0.0194. The number of aromatic nitrogens is 12. The number of nitrogens with two attached hydrogens (primary N) is 4. The number of cyclic esters (lactones) is 1. The first-order chi connectivity index (χ1) is 65.8. The Bertz CT molecular complexity index is 6020. The van der Waals surface area contributed by atoms with Gasteiger partial charge in [-0.05, 0) is 112 Å². The van der Waals surface area contributed by atoms with Crippen molar-refractivity contribution in [2.45, 2.75) is 231 Å². The smallest absolute Gasteiger partial charge is 0.450 e. The fourth-order valence-corrected chi connectivity index (χ4v) is 16.5. The number of anilines is 4. The second-order valence-corrected chi connectivity index (χ2v) is 41.3. The van der Waals surface area contributed by atoms with Gasteiger partial charge in [0.15, 0.2) is 43.7 Å². The third kappa shape index (κ3) is 27.7. The first kappa shape index (κ1) is 110. The molecular formula is C95H118BBrCl3N19O18Si. The van der Waals surface area contributed by atoms with E-state index in [9.17, 15) is 50.4 Å². The minimum absolute atomic E-state index is 0.00303. The highest BCUT2D eigenvalue weighted by atomic mass is 79.9. The largest absolute Gasteiger partial charge is 0.460 e. The van der Waals surface area contributed by atoms with Crippen LogP contribution in [-0.2, 0) is 105 Å². The number of benzene rings is 4. The molecule has 5 saturated heterocycles. The fourth-order valence-electron chi connectivity index (χ4n) is 16.1. The highest BCUT2D eigenvalue weighted by Gasteiger charge is 2.60. The number of hydrogen-bond donors (Lipinski definition) is 9. The number of halogens is 4. The van der Waals surface area contributed by atoms with Gasteiger partial charge in [0, 0.05) is 43.2 Å². The van der Waals surface area contributed by atoms with E-state index in [2.05, 4.69) is 100 Å². The van der Waals surface area contributed by atoms with E-state index < -0.39 is 91.5 Å². The molecular weight excluding hydrogens is 1920 g/mol. The van der Waals surface area contributed by atoms with Gasteiger partial charge in [0.25, 0.3) is 0 Å². The van der Waals surface area contributed by atoms with Gasteiger partial charge in [-0.2, -0.15) is 65.3 Å². The Morgan fingerprint density at radius 1 is 0.493 bits per heavy atom. The Kier molecular flexibility index (Phi) is 41.3. The number of nitrogens with zero attached hydrogens (tertiary/aromatic N) is 15. The molecule has 0 amide bonds. The van der Waals surface area contributed by atoms with E-state index in [4.69, 9.17) is 105 Å². The topological polar surface area (TPSA) is 541 Å². The molecule has 13 N–H and O–H groups in total. The van der Waals surface area contributed by atoms with Crippen molar-refractivity contribution in [3.8, 4) is 17.8 Å². The maximum absolute atomic E-state index is 11.6. The number of rotatable bonds is 20. The van der Waals surface area contributed by atoms with Gasteiger partial charge in [-0.25, -0.2) is 48.1 Å². The molecule has 138 heavy (non-hydrogen) atoms. The summed E-state index contributed by atoms with van der Waals surface area (Å²) in [5, 5.41) is 95.2. The molecule has 37 nitrogen and oxygen atoms in total. The van der Waals surface area contributed by atoms with Crippen LogP contribution in [0.1, 0.15) is 134 Å². The van der Waals surface area contributed by atoms with Gasteiger partial charge in [0.2, 0.25) is 17.0 Å². The van der Waals surface area contributed by atoms with Gasteiger partial charge in [-0.15, -0.1) is 0 Å². The van der Waals surface area contributed by atoms with Gasteiger partial charge in [-0.1, -0.05) is 196 Å². The molecule has 5 aliphatic rings. The van der Waals surface area contributed by atoms with Crippen molar-refractivity contribution < 1.29 is 87.3 Å². The van der Waals surface area contributed by atoms with E-state index in [-0.39, 0.29) is 71.7 Å². The Morgan fingerprint density at radius 3 is 1.22 bits per heavy atom. The van der Waals surface area contributed by atoms with Crippen LogP contribution in [0.2, 0.25) is 19.6 Å². The minimum atomic E-state index is -1.85. The maximum atomic E-state index is 11.6. The Balaban J connectivity index is 0.000000182. The SMILES string of the molecule is CC(=O)OC(C)=O.CC[C@H]1OC(=O)[C@H](OCc2ccccc2)[C@@H]1C.CC[C@H]1OC(C#N)(c2ccc3c(N)ncnn23)[C@H](OCc2ccccc2)[C@@H]1C.CC[C@H]1OC(O)(c2ccc3c(N)ncnn23)[C@H](OCc2ccccc2)[C@@H]1C.CC[C@H]1OC(O)[C@H](OCc2ccccc2)[C@@H]1C.C[Si](C)(C)C#N.ClB(Cl)Cl.N#CC1(c2ccc3c(N)ncnn23)O[C@H](CO)[C@@H](O)[C@H]1O.Nc1ncnn2c(Br)ccc12. The highest BCUT2D eigenvalue weighted by molar-refractivity contribution is 9.10. The summed E-state index contributed by atoms with van der Waals surface area (Å²) in [7, 11) is -1.33. The first-order valence-corrected chi connectivity index (χ1v) is 50.2. The van der Waals surface area contributed by atoms with Crippen molar-refractivity contribution in [1.29, 1.82) is 15.8 Å². The second kappa shape index (κ2) is 51.6. The molecule has 5 aliphatic heterocycles. The van der Waals surface area contributed by atoms with Gasteiger partial charge in [0.1, 0.15) is 113 Å². The Labute approximate surface area is 824 Å². The molecule has 13 heterocycles. The van der Waals surface area contributed by atoms with E-state index >= 15 is 0 Å².